The molecular formula is C15H22N6O2S. The number of aromatic nitrogens is 4. The molecule has 0 atom stereocenters. The number of H-pyrrole nitrogens is 1. The van der Waals surface area contributed by atoms with E-state index in [1.54, 1.807) is 26.0 Å². The van der Waals surface area contributed by atoms with Crippen molar-refractivity contribution in [1.29, 1.82) is 0 Å². The molecule has 3 heterocycles. The standard InChI is InChI=1S/C15H22N6O2S/c1-10-6-8-21(9-7-10)14-5-4-13(18-19-14)20-24(22,23)15-11(2)16-17-12(15)3/h4-5,10H,6-9H2,1-3H3,(H,16,17)(H,18,20). The Morgan fingerprint density at radius 3 is 2.46 bits per heavy atom. The number of piperidine rings is 1. The van der Waals surface area contributed by atoms with Crippen LogP contribution in [-0.2, 0) is 10.0 Å². The van der Waals surface area contributed by atoms with E-state index in [4.69, 9.17) is 0 Å². The Morgan fingerprint density at radius 2 is 1.92 bits per heavy atom. The second-order valence-corrected chi connectivity index (χ2v) is 7.93. The minimum absolute atomic E-state index is 0.151. The molecule has 0 aliphatic carbocycles. The predicted octanol–water partition coefficient (Wildman–Crippen LogP) is 1.85. The fourth-order valence-corrected chi connectivity index (χ4v) is 4.28. The Balaban J connectivity index is 1.75. The summed E-state index contributed by atoms with van der Waals surface area (Å²) in [6.45, 7) is 7.47. The fourth-order valence-electron chi connectivity index (χ4n) is 2.91. The van der Waals surface area contributed by atoms with Crippen LogP contribution in [0.3, 0.4) is 0 Å². The van der Waals surface area contributed by atoms with Crippen molar-refractivity contribution >= 4 is 21.7 Å². The summed E-state index contributed by atoms with van der Waals surface area (Å²) < 4.78 is 27.4. The lowest BCUT2D eigenvalue weighted by atomic mass is 9.99. The Hall–Kier alpha value is -2.16. The first kappa shape index (κ1) is 16.7. The molecule has 9 heteroatoms. The number of hydrogen-bond acceptors (Lipinski definition) is 6. The van der Waals surface area contributed by atoms with E-state index >= 15 is 0 Å². The normalized spacial score (nSPS) is 16.4. The van der Waals surface area contributed by atoms with Gasteiger partial charge in [-0.3, -0.25) is 9.82 Å². The topological polar surface area (TPSA) is 104 Å². The van der Waals surface area contributed by atoms with Crippen LogP contribution in [0.5, 0.6) is 0 Å². The summed E-state index contributed by atoms with van der Waals surface area (Å²) in [6, 6.07) is 3.44. The second kappa shape index (κ2) is 6.39. The van der Waals surface area contributed by atoms with Gasteiger partial charge in [-0.05, 0) is 44.7 Å². The van der Waals surface area contributed by atoms with Crippen LogP contribution >= 0.6 is 0 Å². The number of anilines is 2. The lowest BCUT2D eigenvalue weighted by Gasteiger charge is -2.30. The SMILES string of the molecule is Cc1n[nH]c(C)c1S(=O)(=O)Nc1ccc(N2CCC(C)CC2)nn1. The van der Waals surface area contributed by atoms with Gasteiger partial charge in [-0.25, -0.2) is 8.42 Å². The van der Waals surface area contributed by atoms with E-state index in [-0.39, 0.29) is 10.7 Å². The zero-order valence-electron chi connectivity index (χ0n) is 14.1. The van der Waals surface area contributed by atoms with Crippen LogP contribution < -0.4 is 9.62 Å². The molecule has 24 heavy (non-hydrogen) atoms. The maximum absolute atomic E-state index is 12.5. The summed E-state index contributed by atoms with van der Waals surface area (Å²) >= 11 is 0. The van der Waals surface area contributed by atoms with Gasteiger partial charge in [0.05, 0.1) is 11.4 Å². The highest BCUT2D eigenvalue weighted by Crippen LogP contribution is 2.23. The van der Waals surface area contributed by atoms with E-state index in [0.717, 1.165) is 37.7 Å². The highest BCUT2D eigenvalue weighted by atomic mass is 32.2. The van der Waals surface area contributed by atoms with Crippen molar-refractivity contribution in [2.75, 3.05) is 22.7 Å². The molecule has 0 aromatic carbocycles. The van der Waals surface area contributed by atoms with Crippen molar-refractivity contribution in [3.8, 4) is 0 Å². The fraction of sp³-hybridized carbons (Fsp3) is 0.533. The number of aromatic amines is 1. The summed E-state index contributed by atoms with van der Waals surface area (Å²) in [5, 5.41) is 14.8. The summed E-state index contributed by atoms with van der Waals surface area (Å²) in [5.41, 5.74) is 0.916. The van der Waals surface area contributed by atoms with Gasteiger partial charge < -0.3 is 4.90 Å². The van der Waals surface area contributed by atoms with E-state index in [1.807, 2.05) is 0 Å². The monoisotopic (exact) mass is 350 g/mol. The Labute approximate surface area is 141 Å². The zero-order valence-corrected chi connectivity index (χ0v) is 14.9. The molecule has 0 bridgehead atoms. The van der Waals surface area contributed by atoms with Crippen LogP contribution in [0.2, 0.25) is 0 Å². The molecule has 1 aliphatic rings. The summed E-state index contributed by atoms with van der Waals surface area (Å²) in [4.78, 5) is 2.33. The number of nitrogens with zero attached hydrogens (tertiary/aromatic N) is 4. The molecule has 1 aliphatic heterocycles. The van der Waals surface area contributed by atoms with Crippen molar-refractivity contribution in [2.45, 2.75) is 38.5 Å². The van der Waals surface area contributed by atoms with Gasteiger partial charge in [-0.15, -0.1) is 10.2 Å². The third-order valence-corrected chi connectivity index (χ3v) is 5.94. The molecule has 2 aromatic heterocycles. The summed E-state index contributed by atoms with van der Waals surface area (Å²) in [7, 11) is -3.74. The van der Waals surface area contributed by atoms with Gasteiger partial charge in [0.25, 0.3) is 10.0 Å². The third kappa shape index (κ3) is 3.35. The molecule has 130 valence electrons. The number of nitrogens with one attached hydrogen (secondary N) is 2. The van der Waals surface area contributed by atoms with Crippen molar-refractivity contribution < 1.29 is 8.42 Å². The third-order valence-electron chi connectivity index (χ3n) is 4.33. The lowest BCUT2D eigenvalue weighted by Crippen LogP contribution is -2.33. The predicted molar refractivity (Wildman–Crippen MR) is 91.5 cm³/mol. The molecule has 0 unspecified atom stereocenters. The van der Waals surface area contributed by atoms with Crippen molar-refractivity contribution in [1.82, 2.24) is 20.4 Å². The maximum Gasteiger partial charge on any atom is 0.266 e. The van der Waals surface area contributed by atoms with Crippen molar-refractivity contribution in [2.24, 2.45) is 5.92 Å². The molecule has 0 radical (unpaired) electrons. The first-order chi connectivity index (χ1) is 11.4. The lowest BCUT2D eigenvalue weighted by molar-refractivity contribution is 0.436. The molecule has 1 fully saturated rings. The Bertz CT molecular complexity index is 787. The Kier molecular flexibility index (Phi) is 4.44. The van der Waals surface area contributed by atoms with Gasteiger partial charge in [0.15, 0.2) is 11.6 Å². The van der Waals surface area contributed by atoms with Gasteiger partial charge in [0, 0.05) is 13.1 Å². The smallest absolute Gasteiger partial charge is 0.266 e. The first-order valence-electron chi connectivity index (χ1n) is 8.00. The first-order valence-corrected chi connectivity index (χ1v) is 9.48. The van der Waals surface area contributed by atoms with E-state index in [1.165, 1.54) is 0 Å². The van der Waals surface area contributed by atoms with Gasteiger partial charge in [0.1, 0.15) is 4.90 Å². The second-order valence-electron chi connectivity index (χ2n) is 6.31. The van der Waals surface area contributed by atoms with Crippen LogP contribution in [0, 0.1) is 19.8 Å². The highest BCUT2D eigenvalue weighted by molar-refractivity contribution is 7.92. The van der Waals surface area contributed by atoms with Crippen LogP contribution in [-0.4, -0.2) is 41.9 Å². The molecule has 0 saturated carbocycles. The molecule has 1 saturated heterocycles. The molecule has 8 nitrogen and oxygen atoms in total. The minimum Gasteiger partial charge on any atom is -0.355 e. The maximum atomic E-state index is 12.5. The van der Waals surface area contributed by atoms with E-state index in [0.29, 0.717) is 11.4 Å². The largest absolute Gasteiger partial charge is 0.355 e. The van der Waals surface area contributed by atoms with Crippen LogP contribution in [0.1, 0.15) is 31.2 Å². The van der Waals surface area contributed by atoms with Gasteiger partial charge >= 0.3 is 0 Å². The number of aryl methyl sites for hydroxylation is 2. The number of hydrogen-bond donors (Lipinski definition) is 2. The minimum atomic E-state index is -3.74. The van der Waals surface area contributed by atoms with Gasteiger partial charge in [0.2, 0.25) is 0 Å². The quantitative estimate of drug-likeness (QED) is 0.872. The molecular weight excluding hydrogens is 328 g/mol. The van der Waals surface area contributed by atoms with E-state index in [9.17, 15) is 8.42 Å². The zero-order chi connectivity index (χ0) is 17.3. The summed E-state index contributed by atoms with van der Waals surface area (Å²) in [6.07, 6.45) is 2.27. The van der Waals surface area contributed by atoms with E-state index < -0.39 is 10.0 Å². The average Bonchev–Trinajstić information content (AvgIpc) is 2.88. The average molecular weight is 350 g/mol. The van der Waals surface area contributed by atoms with Crippen molar-refractivity contribution in [3.05, 3.63) is 23.5 Å². The summed E-state index contributed by atoms with van der Waals surface area (Å²) in [5.74, 6) is 1.71. The molecule has 0 amide bonds. The highest BCUT2D eigenvalue weighted by Gasteiger charge is 2.23. The van der Waals surface area contributed by atoms with Crippen LogP contribution in [0.15, 0.2) is 17.0 Å². The van der Waals surface area contributed by atoms with Gasteiger partial charge in [-0.1, -0.05) is 6.92 Å². The number of rotatable bonds is 4. The van der Waals surface area contributed by atoms with Crippen molar-refractivity contribution in [3.63, 3.8) is 0 Å². The molecule has 2 aromatic rings. The Morgan fingerprint density at radius 1 is 1.21 bits per heavy atom. The molecule has 2 N–H and O–H groups in total. The molecule has 0 spiro atoms. The van der Waals surface area contributed by atoms with E-state index in [2.05, 4.69) is 36.9 Å². The number of sulfonamides is 1. The van der Waals surface area contributed by atoms with Crippen LogP contribution in [0.4, 0.5) is 11.6 Å². The molecule has 3 rings (SSSR count). The van der Waals surface area contributed by atoms with Gasteiger partial charge in [-0.2, -0.15) is 5.10 Å². The van der Waals surface area contributed by atoms with Crippen LogP contribution in [0.25, 0.3) is 0 Å².